The molecule has 0 aliphatic carbocycles. The minimum atomic E-state index is -0.853. The Hall–Kier alpha value is -2.24. The smallest absolute Gasteiger partial charge is 0.407 e. The quantitative estimate of drug-likeness (QED) is 0.900. The Morgan fingerprint density at radius 2 is 2.30 bits per heavy atom. The van der Waals surface area contributed by atoms with Gasteiger partial charge in [0.25, 0.3) is 6.01 Å². The van der Waals surface area contributed by atoms with Crippen LogP contribution < -0.4 is 5.32 Å². The second-order valence-corrected chi connectivity index (χ2v) is 4.99. The number of hydrogen-bond acceptors (Lipinski definition) is 4. The van der Waals surface area contributed by atoms with Gasteiger partial charge in [0.2, 0.25) is 0 Å². The van der Waals surface area contributed by atoms with Crippen LogP contribution in [-0.4, -0.2) is 40.2 Å². The third-order valence-corrected chi connectivity index (χ3v) is 3.66. The highest BCUT2D eigenvalue weighted by molar-refractivity contribution is 5.74. The zero-order chi connectivity index (χ0) is 13.9. The van der Waals surface area contributed by atoms with Gasteiger partial charge >= 0.3 is 6.09 Å². The highest BCUT2D eigenvalue weighted by Gasteiger charge is 2.26. The van der Waals surface area contributed by atoms with Gasteiger partial charge in [0.15, 0.2) is 5.58 Å². The lowest BCUT2D eigenvalue weighted by Gasteiger charge is -2.33. The molecule has 6 heteroatoms. The maximum Gasteiger partial charge on any atom is 0.407 e. The lowest BCUT2D eigenvalue weighted by atomic mass is 10.0. The molecule has 1 aromatic carbocycles. The van der Waals surface area contributed by atoms with Crippen molar-refractivity contribution in [2.24, 2.45) is 0 Å². The van der Waals surface area contributed by atoms with Gasteiger partial charge in [0, 0.05) is 13.1 Å². The summed E-state index contributed by atoms with van der Waals surface area (Å²) in [5.74, 6) is 0. The van der Waals surface area contributed by atoms with E-state index in [2.05, 4.69) is 10.3 Å². The first kappa shape index (κ1) is 12.8. The van der Waals surface area contributed by atoms with Gasteiger partial charge in [-0.2, -0.15) is 4.98 Å². The third-order valence-electron chi connectivity index (χ3n) is 3.66. The molecule has 3 rings (SSSR count). The van der Waals surface area contributed by atoms with Crippen molar-refractivity contribution in [1.29, 1.82) is 0 Å². The van der Waals surface area contributed by atoms with E-state index < -0.39 is 6.09 Å². The molecule has 1 amide bonds. The largest absolute Gasteiger partial charge is 0.465 e. The van der Waals surface area contributed by atoms with Crippen LogP contribution >= 0.6 is 0 Å². The van der Waals surface area contributed by atoms with E-state index in [1.165, 1.54) is 4.90 Å². The van der Waals surface area contributed by atoms with E-state index in [0.717, 1.165) is 30.4 Å². The van der Waals surface area contributed by atoms with E-state index in [1.54, 1.807) is 0 Å². The Morgan fingerprint density at radius 3 is 3.10 bits per heavy atom. The minimum absolute atomic E-state index is 0.0173. The van der Waals surface area contributed by atoms with Crippen LogP contribution in [0.3, 0.4) is 0 Å². The number of piperidine rings is 1. The number of anilines is 1. The number of benzene rings is 1. The number of nitrogens with zero attached hydrogens (tertiary/aromatic N) is 2. The summed E-state index contributed by atoms with van der Waals surface area (Å²) >= 11 is 0. The Bertz CT molecular complexity index is 577. The van der Waals surface area contributed by atoms with Crippen LogP contribution in [-0.2, 0) is 0 Å². The molecule has 1 unspecified atom stereocenters. The molecule has 0 saturated carbocycles. The average molecular weight is 275 g/mol. The van der Waals surface area contributed by atoms with Crippen molar-refractivity contribution in [3.8, 4) is 0 Å². The fraction of sp³-hybridized carbons (Fsp3) is 0.429. The van der Waals surface area contributed by atoms with E-state index in [0.29, 0.717) is 19.1 Å². The molecule has 2 N–H and O–H groups in total. The average Bonchev–Trinajstić information content (AvgIpc) is 2.88. The molecule has 0 spiro atoms. The predicted molar refractivity (Wildman–Crippen MR) is 74.9 cm³/mol. The molecule has 1 atom stereocenters. The van der Waals surface area contributed by atoms with Crippen LogP contribution in [0.25, 0.3) is 11.1 Å². The lowest BCUT2D eigenvalue weighted by Crippen LogP contribution is -2.46. The molecule has 20 heavy (non-hydrogen) atoms. The molecule has 1 saturated heterocycles. The van der Waals surface area contributed by atoms with Crippen LogP contribution in [0.1, 0.15) is 19.3 Å². The number of likely N-dealkylation sites (tertiary alicyclic amines) is 1. The maximum atomic E-state index is 11.2. The second-order valence-electron chi connectivity index (χ2n) is 4.99. The van der Waals surface area contributed by atoms with Crippen LogP contribution in [0.15, 0.2) is 28.7 Å². The van der Waals surface area contributed by atoms with Gasteiger partial charge in [-0.05, 0) is 31.4 Å². The number of oxazole rings is 1. The van der Waals surface area contributed by atoms with Gasteiger partial charge in [-0.25, -0.2) is 4.79 Å². The van der Waals surface area contributed by atoms with Crippen molar-refractivity contribution in [3.05, 3.63) is 24.3 Å². The maximum absolute atomic E-state index is 11.2. The molecular weight excluding hydrogens is 258 g/mol. The zero-order valence-corrected chi connectivity index (χ0v) is 11.1. The molecule has 6 nitrogen and oxygen atoms in total. The fourth-order valence-corrected chi connectivity index (χ4v) is 2.62. The number of fused-ring (bicyclic) bond motifs is 1. The van der Waals surface area contributed by atoms with Crippen molar-refractivity contribution in [2.45, 2.75) is 25.3 Å². The number of carbonyl (C=O) groups is 1. The van der Waals surface area contributed by atoms with Crippen LogP contribution in [0.5, 0.6) is 0 Å². The molecule has 2 heterocycles. The second kappa shape index (κ2) is 5.40. The number of para-hydroxylation sites is 2. The molecule has 1 aromatic heterocycles. The Morgan fingerprint density at radius 1 is 1.45 bits per heavy atom. The topological polar surface area (TPSA) is 78.6 Å². The van der Waals surface area contributed by atoms with Crippen molar-refractivity contribution >= 4 is 23.2 Å². The molecular formula is C14H17N3O3. The van der Waals surface area contributed by atoms with E-state index in [4.69, 9.17) is 4.42 Å². The minimum Gasteiger partial charge on any atom is -0.465 e. The number of hydrogen-bond donors (Lipinski definition) is 2. The first-order valence-corrected chi connectivity index (χ1v) is 6.83. The summed E-state index contributed by atoms with van der Waals surface area (Å²) in [6.07, 6.45) is 2.02. The first-order valence-electron chi connectivity index (χ1n) is 6.83. The van der Waals surface area contributed by atoms with Crippen molar-refractivity contribution in [3.63, 3.8) is 0 Å². The molecule has 0 radical (unpaired) electrons. The Kier molecular flexibility index (Phi) is 3.45. The van der Waals surface area contributed by atoms with Gasteiger partial charge in [-0.15, -0.1) is 0 Å². The SMILES string of the molecule is O=C(O)N1CCCCC1CNc1nc2ccccc2o1. The van der Waals surface area contributed by atoms with E-state index >= 15 is 0 Å². The summed E-state index contributed by atoms with van der Waals surface area (Å²) < 4.78 is 5.57. The fourth-order valence-electron chi connectivity index (χ4n) is 2.62. The molecule has 1 aliphatic heterocycles. The highest BCUT2D eigenvalue weighted by atomic mass is 16.4. The van der Waals surface area contributed by atoms with Gasteiger partial charge in [0.1, 0.15) is 5.52 Å². The van der Waals surface area contributed by atoms with Gasteiger partial charge in [0.05, 0.1) is 6.04 Å². The zero-order valence-electron chi connectivity index (χ0n) is 11.1. The van der Waals surface area contributed by atoms with Crippen LogP contribution in [0.2, 0.25) is 0 Å². The van der Waals surface area contributed by atoms with Crippen molar-refractivity contribution in [1.82, 2.24) is 9.88 Å². The summed E-state index contributed by atoms with van der Waals surface area (Å²) in [6.45, 7) is 1.13. The number of carboxylic acid groups (broad SMARTS) is 1. The van der Waals surface area contributed by atoms with Gasteiger partial charge in [-0.3, -0.25) is 0 Å². The Balaban J connectivity index is 1.67. The lowest BCUT2D eigenvalue weighted by molar-refractivity contribution is 0.110. The normalized spacial score (nSPS) is 19.2. The number of amides is 1. The van der Waals surface area contributed by atoms with Crippen LogP contribution in [0.4, 0.5) is 10.8 Å². The summed E-state index contributed by atoms with van der Waals surface area (Å²) in [5, 5.41) is 12.3. The molecule has 1 fully saturated rings. The van der Waals surface area contributed by atoms with Gasteiger partial charge in [-0.1, -0.05) is 12.1 Å². The Labute approximate surface area is 116 Å². The summed E-state index contributed by atoms with van der Waals surface area (Å²) in [6, 6.07) is 7.97. The van der Waals surface area contributed by atoms with E-state index in [-0.39, 0.29) is 6.04 Å². The standard InChI is InChI=1S/C14H17N3O3/c18-14(19)17-8-4-3-5-10(17)9-15-13-16-11-6-1-2-7-12(11)20-13/h1-2,6-7,10H,3-5,8-9H2,(H,15,16)(H,18,19). The van der Waals surface area contributed by atoms with E-state index in [1.807, 2.05) is 24.3 Å². The molecule has 1 aliphatic rings. The molecule has 2 aromatic rings. The number of aromatic nitrogens is 1. The monoisotopic (exact) mass is 275 g/mol. The van der Waals surface area contributed by atoms with E-state index in [9.17, 15) is 9.90 Å². The third kappa shape index (κ3) is 2.54. The van der Waals surface area contributed by atoms with Crippen molar-refractivity contribution in [2.75, 3.05) is 18.4 Å². The summed E-state index contributed by atoms with van der Waals surface area (Å²) in [5.41, 5.74) is 1.53. The molecule has 0 bridgehead atoms. The first-order chi connectivity index (χ1) is 9.74. The van der Waals surface area contributed by atoms with Gasteiger partial charge < -0.3 is 19.7 Å². The summed E-state index contributed by atoms with van der Waals surface area (Å²) in [7, 11) is 0. The van der Waals surface area contributed by atoms with Crippen molar-refractivity contribution < 1.29 is 14.3 Å². The highest BCUT2D eigenvalue weighted by Crippen LogP contribution is 2.20. The predicted octanol–water partition coefficient (Wildman–Crippen LogP) is 2.77. The number of rotatable bonds is 3. The van der Waals surface area contributed by atoms with Crippen LogP contribution in [0, 0.1) is 0 Å². The number of nitrogens with one attached hydrogen (secondary N) is 1. The summed E-state index contributed by atoms with van der Waals surface area (Å²) in [4.78, 5) is 17.0. The molecule has 106 valence electrons.